The Balaban J connectivity index is 1.99. The van der Waals surface area contributed by atoms with Gasteiger partial charge in [-0.15, -0.1) is 0 Å². The first kappa shape index (κ1) is 11.1. The molecule has 0 saturated heterocycles. The van der Waals surface area contributed by atoms with E-state index in [0.717, 1.165) is 18.6 Å². The highest BCUT2D eigenvalue weighted by molar-refractivity contribution is 5.84. The van der Waals surface area contributed by atoms with Gasteiger partial charge in [-0.1, -0.05) is 42.5 Å². The summed E-state index contributed by atoms with van der Waals surface area (Å²) in [5.41, 5.74) is 5.46. The molecule has 0 fully saturated rings. The molecule has 1 nitrogen and oxygen atoms in total. The number of ether oxygens (including phenoxy) is 1. The molecule has 1 heteroatoms. The summed E-state index contributed by atoms with van der Waals surface area (Å²) >= 11 is 0. The van der Waals surface area contributed by atoms with Gasteiger partial charge in [0.25, 0.3) is 0 Å². The van der Waals surface area contributed by atoms with Gasteiger partial charge in [-0.2, -0.15) is 0 Å². The van der Waals surface area contributed by atoms with Crippen LogP contribution >= 0.6 is 0 Å². The lowest BCUT2D eigenvalue weighted by atomic mass is 9.89. The summed E-state index contributed by atoms with van der Waals surface area (Å²) in [4.78, 5) is 0. The number of fused-ring (bicyclic) bond motifs is 1. The number of hydrogen-bond donors (Lipinski definition) is 0. The number of hydrogen-bond acceptors (Lipinski definition) is 1. The van der Waals surface area contributed by atoms with Gasteiger partial charge >= 0.3 is 0 Å². The Bertz CT molecular complexity index is 582. The Kier molecular flexibility index (Phi) is 2.89. The van der Waals surface area contributed by atoms with Crippen LogP contribution in [0.1, 0.15) is 23.1 Å². The number of allylic oxidation sites excluding steroid dienone is 1. The van der Waals surface area contributed by atoms with Gasteiger partial charge in [0.1, 0.15) is 5.75 Å². The second-order valence-corrected chi connectivity index (χ2v) is 4.60. The van der Waals surface area contributed by atoms with Crippen molar-refractivity contribution >= 4 is 11.6 Å². The van der Waals surface area contributed by atoms with E-state index in [4.69, 9.17) is 4.74 Å². The molecule has 0 unspecified atom stereocenters. The van der Waals surface area contributed by atoms with Crippen molar-refractivity contribution in [3.63, 3.8) is 0 Å². The second-order valence-electron chi connectivity index (χ2n) is 4.60. The first-order valence-corrected chi connectivity index (χ1v) is 6.30. The maximum absolute atomic E-state index is 5.27. The number of aryl methyl sites for hydroxylation is 1. The van der Waals surface area contributed by atoms with Gasteiger partial charge < -0.3 is 4.74 Å². The van der Waals surface area contributed by atoms with Gasteiger partial charge in [-0.3, -0.25) is 0 Å². The first-order chi connectivity index (χ1) is 8.86. The zero-order chi connectivity index (χ0) is 12.4. The summed E-state index contributed by atoms with van der Waals surface area (Å²) in [5.74, 6) is 0.949. The van der Waals surface area contributed by atoms with Crippen molar-refractivity contribution in [2.24, 2.45) is 0 Å². The molecule has 0 radical (unpaired) electrons. The topological polar surface area (TPSA) is 9.23 Å². The Morgan fingerprint density at radius 2 is 1.78 bits per heavy atom. The standard InChI is InChI=1S/C17H16O/c1-18-17-10-9-15-11-14(7-8-16(15)12-17)13-5-3-2-4-6-13/h2-6,9-12H,7-8H2,1H3. The van der Waals surface area contributed by atoms with Crippen LogP contribution < -0.4 is 4.74 Å². The van der Waals surface area contributed by atoms with Crippen molar-refractivity contribution in [3.8, 4) is 5.75 Å². The SMILES string of the molecule is COc1ccc2c(c1)CCC(c1ccccc1)=C2. The summed E-state index contributed by atoms with van der Waals surface area (Å²) in [7, 11) is 1.72. The van der Waals surface area contributed by atoms with Crippen molar-refractivity contribution in [2.45, 2.75) is 12.8 Å². The van der Waals surface area contributed by atoms with Crippen molar-refractivity contribution in [2.75, 3.05) is 7.11 Å². The van der Waals surface area contributed by atoms with E-state index in [1.165, 1.54) is 22.3 Å². The summed E-state index contributed by atoms with van der Waals surface area (Å²) in [6.07, 6.45) is 4.49. The molecule has 0 bridgehead atoms. The first-order valence-electron chi connectivity index (χ1n) is 6.30. The Morgan fingerprint density at radius 3 is 2.56 bits per heavy atom. The van der Waals surface area contributed by atoms with Crippen LogP contribution in [0.5, 0.6) is 5.75 Å². The molecule has 1 aliphatic rings. The van der Waals surface area contributed by atoms with Crippen LogP contribution in [-0.2, 0) is 6.42 Å². The fraction of sp³-hybridized carbons (Fsp3) is 0.176. The third-order valence-corrected chi connectivity index (χ3v) is 3.49. The summed E-state index contributed by atoms with van der Waals surface area (Å²) in [6, 6.07) is 16.9. The summed E-state index contributed by atoms with van der Waals surface area (Å²) in [6.45, 7) is 0. The van der Waals surface area contributed by atoms with E-state index in [0.29, 0.717) is 0 Å². The van der Waals surface area contributed by atoms with Gasteiger partial charge in [0.2, 0.25) is 0 Å². The highest BCUT2D eigenvalue weighted by atomic mass is 16.5. The van der Waals surface area contributed by atoms with E-state index >= 15 is 0 Å². The Morgan fingerprint density at radius 1 is 0.944 bits per heavy atom. The minimum atomic E-state index is 0.949. The molecule has 0 N–H and O–H groups in total. The van der Waals surface area contributed by atoms with Crippen LogP contribution in [0, 0.1) is 0 Å². The van der Waals surface area contributed by atoms with E-state index < -0.39 is 0 Å². The van der Waals surface area contributed by atoms with E-state index in [2.05, 4.69) is 48.5 Å². The third kappa shape index (κ3) is 2.04. The molecule has 3 rings (SSSR count). The molecule has 0 aromatic heterocycles. The van der Waals surface area contributed by atoms with Gasteiger partial charge in [0, 0.05) is 0 Å². The Labute approximate surface area is 108 Å². The number of rotatable bonds is 2. The number of methoxy groups -OCH3 is 1. The molecule has 2 aromatic carbocycles. The maximum atomic E-state index is 5.27. The zero-order valence-electron chi connectivity index (χ0n) is 10.5. The summed E-state index contributed by atoms with van der Waals surface area (Å²) in [5, 5.41) is 0. The molecule has 0 aliphatic heterocycles. The zero-order valence-corrected chi connectivity index (χ0v) is 10.5. The highest BCUT2D eigenvalue weighted by Crippen LogP contribution is 2.31. The van der Waals surface area contributed by atoms with E-state index in [9.17, 15) is 0 Å². The van der Waals surface area contributed by atoms with Crippen LogP contribution in [0.25, 0.3) is 11.6 Å². The fourth-order valence-electron chi connectivity index (χ4n) is 2.48. The van der Waals surface area contributed by atoms with Gasteiger partial charge in [0.05, 0.1) is 7.11 Å². The minimum Gasteiger partial charge on any atom is -0.497 e. The van der Waals surface area contributed by atoms with E-state index in [1.807, 2.05) is 6.07 Å². The van der Waals surface area contributed by atoms with Gasteiger partial charge in [-0.05, 0) is 47.2 Å². The molecule has 90 valence electrons. The third-order valence-electron chi connectivity index (χ3n) is 3.49. The molecular weight excluding hydrogens is 220 g/mol. The van der Waals surface area contributed by atoms with Crippen molar-refractivity contribution in [1.82, 2.24) is 0 Å². The van der Waals surface area contributed by atoms with Crippen LogP contribution in [0.2, 0.25) is 0 Å². The minimum absolute atomic E-state index is 0.949. The molecular formula is C17H16O. The van der Waals surface area contributed by atoms with Crippen molar-refractivity contribution < 1.29 is 4.74 Å². The molecule has 0 heterocycles. The average Bonchev–Trinajstić information content (AvgIpc) is 2.47. The van der Waals surface area contributed by atoms with Gasteiger partial charge in [0.15, 0.2) is 0 Å². The normalized spacial score (nSPS) is 13.7. The average molecular weight is 236 g/mol. The van der Waals surface area contributed by atoms with Crippen molar-refractivity contribution in [1.29, 1.82) is 0 Å². The van der Waals surface area contributed by atoms with Crippen LogP contribution in [0.4, 0.5) is 0 Å². The smallest absolute Gasteiger partial charge is 0.119 e. The van der Waals surface area contributed by atoms with E-state index in [1.54, 1.807) is 7.11 Å². The predicted molar refractivity (Wildman–Crippen MR) is 75.6 cm³/mol. The highest BCUT2D eigenvalue weighted by Gasteiger charge is 2.12. The lowest BCUT2D eigenvalue weighted by molar-refractivity contribution is 0.414. The van der Waals surface area contributed by atoms with Crippen LogP contribution in [0.3, 0.4) is 0 Å². The van der Waals surface area contributed by atoms with Crippen LogP contribution in [-0.4, -0.2) is 7.11 Å². The van der Waals surface area contributed by atoms with Crippen molar-refractivity contribution in [3.05, 3.63) is 65.2 Å². The molecule has 0 amide bonds. The molecule has 18 heavy (non-hydrogen) atoms. The quantitative estimate of drug-likeness (QED) is 0.760. The molecule has 2 aromatic rings. The lowest BCUT2D eigenvalue weighted by Gasteiger charge is -2.17. The predicted octanol–water partition coefficient (Wildman–Crippen LogP) is 4.18. The monoisotopic (exact) mass is 236 g/mol. The van der Waals surface area contributed by atoms with E-state index in [-0.39, 0.29) is 0 Å². The van der Waals surface area contributed by atoms with Gasteiger partial charge in [-0.25, -0.2) is 0 Å². The second kappa shape index (κ2) is 4.69. The van der Waals surface area contributed by atoms with Crippen LogP contribution in [0.15, 0.2) is 48.5 Å². The maximum Gasteiger partial charge on any atom is 0.119 e. The number of benzene rings is 2. The lowest BCUT2D eigenvalue weighted by Crippen LogP contribution is -1.99. The molecule has 1 aliphatic carbocycles. The molecule has 0 saturated carbocycles. The molecule has 0 atom stereocenters. The fourth-order valence-corrected chi connectivity index (χ4v) is 2.48. The largest absolute Gasteiger partial charge is 0.497 e. The Hall–Kier alpha value is -2.02. The summed E-state index contributed by atoms with van der Waals surface area (Å²) < 4.78 is 5.27. The molecule has 0 spiro atoms.